The van der Waals surface area contributed by atoms with E-state index in [9.17, 15) is 9.59 Å². The molecule has 1 aliphatic rings. The number of benzene rings is 2. The number of hydrogen-bond acceptors (Lipinski definition) is 4. The number of fused-ring (bicyclic) bond motifs is 1. The molecule has 0 spiro atoms. The number of hydrogen-bond donors (Lipinski definition) is 0. The summed E-state index contributed by atoms with van der Waals surface area (Å²) in [6, 6.07) is 19.6. The molecule has 0 bridgehead atoms. The van der Waals surface area contributed by atoms with Gasteiger partial charge in [-0.2, -0.15) is 0 Å². The summed E-state index contributed by atoms with van der Waals surface area (Å²) in [7, 11) is 0. The highest BCUT2D eigenvalue weighted by atomic mass is 32.1. The summed E-state index contributed by atoms with van der Waals surface area (Å²) in [6.45, 7) is 7.20. The highest BCUT2D eigenvalue weighted by Crippen LogP contribution is 2.34. The Labute approximate surface area is 212 Å². The van der Waals surface area contributed by atoms with Crippen molar-refractivity contribution in [2.75, 3.05) is 19.7 Å². The Balaban J connectivity index is 1.51. The topological polar surface area (TPSA) is 49.9 Å². The Morgan fingerprint density at radius 2 is 1.86 bits per heavy atom. The molecule has 3 aromatic rings. The molecule has 0 fully saturated rings. The van der Waals surface area contributed by atoms with Crippen molar-refractivity contribution >= 4 is 23.2 Å². The van der Waals surface area contributed by atoms with E-state index in [1.807, 2.05) is 73.3 Å². The van der Waals surface area contributed by atoms with E-state index in [0.29, 0.717) is 19.6 Å². The van der Waals surface area contributed by atoms with Gasteiger partial charge in [0.25, 0.3) is 0 Å². The van der Waals surface area contributed by atoms with Crippen molar-refractivity contribution in [3.05, 3.63) is 87.6 Å². The predicted molar refractivity (Wildman–Crippen MR) is 141 cm³/mol. The molecule has 0 saturated heterocycles. The third-order valence-corrected chi connectivity index (χ3v) is 7.85. The van der Waals surface area contributed by atoms with Crippen LogP contribution in [0.25, 0.3) is 0 Å². The van der Waals surface area contributed by atoms with E-state index in [-0.39, 0.29) is 30.4 Å². The average Bonchev–Trinajstić information content (AvgIpc) is 3.36. The van der Waals surface area contributed by atoms with Crippen molar-refractivity contribution in [1.29, 1.82) is 0 Å². The van der Waals surface area contributed by atoms with Crippen LogP contribution in [-0.4, -0.2) is 47.4 Å². The lowest BCUT2D eigenvalue weighted by Gasteiger charge is -2.38. The molecule has 6 heteroatoms. The molecule has 0 N–H and O–H groups in total. The van der Waals surface area contributed by atoms with Gasteiger partial charge in [-0.1, -0.05) is 55.5 Å². The second-order valence-electron chi connectivity index (χ2n) is 9.17. The molecular weight excluding hydrogens is 456 g/mol. The maximum atomic E-state index is 13.7. The lowest BCUT2D eigenvalue weighted by molar-refractivity contribution is -0.144. The average molecular weight is 491 g/mol. The molecule has 0 aliphatic carbocycles. The zero-order chi connectivity index (χ0) is 24.8. The molecule has 0 saturated carbocycles. The molecule has 0 radical (unpaired) electrons. The molecule has 184 valence electrons. The van der Waals surface area contributed by atoms with E-state index in [2.05, 4.69) is 18.4 Å². The van der Waals surface area contributed by atoms with Crippen LogP contribution < -0.4 is 4.74 Å². The van der Waals surface area contributed by atoms with Crippen LogP contribution in [0.4, 0.5) is 0 Å². The third-order valence-electron chi connectivity index (χ3n) is 6.85. The summed E-state index contributed by atoms with van der Waals surface area (Å²) in [4.78, 5) is 31.9. The second kappa shape index (κ2) is 11.5. The summed E-state index contributed by atoms with van der Waals surface area (Å²) in [5.41, 5.74) is 3.19. The molecule has 2 amide bonds. The molecule has 2 atom stereocenters. The highest BCUT2D eigenvalue weighted by Gasteiger charge is 2.34. The number of aryl methyl sites for hydroxylation is 1. The van der Waals surface area contributed by atoms with Crippen LogP contribution in [-0.2, 0) is 22.4 Å². The van der Waals surface area contributed by atoms with Gasteiger partial charge >= 0.3 is 0 Å². The van der Waals surface area contributed by atoms with E-state index in [0.717, 1.165) is 35.3 Å². The van der Waals surface area contributed by atoms with Crippen LogP contribution in [0.1, 0.15) is 47.9 Å². The standard InChI is InChI=1S/C29H34N2O3S/c1-4-22(3)31(28(32)18-23-11-6-5-7-12-23)19-29(33)30-16-14-27-24(15-17-35-27)25(30)20-34-26-13-9-8-10-21(26)2/h5-13,15,17,22,25H,4,14,16,18-20H2,1-3H3/t22-,25-/m0/s1. The highest BCUT2D eigenvalue weighted by molar-refractivity contribution is 7.10. The Hall–Kier alpha value is -3.12. The minimum Gasteiger partial charge on any atom is -0.491 e. The van der Waals surface area contributed by atoms with Gasteiger partial charge in [-0.15, -0.1) is 11.3 Å². The summed E-state index contributed by atoms with van der Waals surface area (Å²) in [5, 5.41) is 2.09. The number of ether oxygens (including phenoxy) is 1. The van der Waals surface area contributed by atoms with E-state index < -0.39 is 0 Å². The molecule has 1 aliphatic heterocycles. The van der Waals surface area contributed by atoms with E-state index in [4.69, 9.17) is 4.74 Å². The molecule has 1 aromatic heterocycles. The zero-order valence-electron chi connectivity index (χ0n) is 20.8. The smallest absolute Gasteiger partial charge is 0.242 e. The fourth-order valence-corrected chi connectivity index (χ4v) is 5.51. The van der Waals surface area contributed by atoms with Crippen molar-refractivity contribution < 1.29 is 14.3 Å². The quantitative estimate of drug-likeness (QED) is 0.402. The van der Waals surface area contributed by atoms with E-state index in [1.165, 1.54) is 4.88 Å². The van der Waals surface area contributed by atoms with Gasteiger partial charge in [0.2, 0.25) is 11.8 Å². The predicted octanol–water partition coefficient (Wildman–Crippen LogP) is 5.43. The first-order valence-electron chi connectivity index (χ1n) is 12.4. The minimum absolute atomic E-state index is 0.0140. The van der Waals surface area contributed by atoms with Crippen molar-refractivity contribution in [3.8, 4) is 5.75 Å². The first-order chi connectivity index (χ1) is 17.0. The largest absolute Gasteiger partial charge is 0.491 e. The van der Waals surface area contributed by atoms with Gasteiger partial charge in [-0.05, 0) is 60.9 Å². The van der Waals surface area contributed by atoms with Gasteiger partial charge in [0.15, 0.2) is 0 Å². The van der Waals surface area contributed by atoms with Crippen LogP contribution in [0.5, 0.6) is 5.75 Å². The normalized spacial score (nSPS) is 15.9. The van der Waals surface area contributed by atoms with Crippen LogP contribution in [0, 0.1) is 6.92 Å². The monoisotopic (exact) mass is 490 g/mol. The fraction of sp³-hybridized carbons (Fsp3) is 0.379. The number of carbonyl (C=O) groups excluding carboxylic acids is 2. The van der Waals surface area contributed by atoms with Crippen molar-refractivity contribution in [2.45, 2.75) is 52.1 Å². The van der Waals surface area contributed by atoms with Gasteiger partial charge < -0.3 is 14.5 Å². The Bertz CT molecular complexity index is 1140. The molecule has 4 rings (SSSR count). The van der Waals surface area contributed by atoms with Crippen molar-refractivity contribution in [3.63, 3.8) is 0 Å². The van der Waals surface area contributed by atoms with E-state index in [1.54, 1.807) is 16.2 Å². The number of amides is 2. The maximum absolute atomic E-state index is 13.7. The summed E-state index contributed by atoms with van der Waals surface area (Å²) < 4.78 is 6.21. The molecule has 2 aromatic carbocycles. The Morgan fingerprint density at radius 3 is 2.60 bits per heavy atom. The van der Waals surface area contributed by atoms with Crippen LogP contribution in [0.2, 0.25) is 0 Å². The first-order valence-corrected chi connectivity index (χ1v) is 13.2. The number of para-hydroxylation sites is 1. The molecule has 2 heterocycles. The van der Waals surface area contributed by atoms with Gasteiger partial charge in [-0.25, -0.2) is 0 Å². The van der Waals surface area contributed by atoms with Crippen LogP contribution in [0.15, 0.2) is 66.0 Å². The lowest BCUT2D eigenvalue weighted by Crippen LogP contribution is -2.50. The van der Waals surface area contributed by atoms with Gasteiger partial charge in [0.1, 0.15) is 18.9 Å². The van der Waals surface area contributed by atoms with Gasteiger partial charge in [0, 0.05) is 17.5 Å². The van der Waals surface area contributed by atoms with E-state index >= 15 is 0 Å². The summed E-state index contributed by atoms with van der Waals surface area (Å²) in [6.07, 6.45) is 1.93. The summed E-state index contributed by atoms with van der Waals surface area (Å²) >= 11 is 1.74. The minimum atomic E-state index is -0.167. The molecule has 0 unspecified atom stereocenters. The Kier molecular flexibility index (Phi) is 8.24. The molecular formula is C29H34N2O3S. The summed E-state index contributed by atoms with van der Waals surface area (Å²) in [5.74, 6) is 0.795. The SMILES string of the molecule is CC[C@H](C)N(CC(=O)N1CCc2sccc2[C@@H]1COc1ccccc1C)C(=O)Cc1ccccc1. The first kappa shape index (κ1) is 25.0. The number of rotatable bonds is 9. The number of thiophene rings is 1. The maximum Gasteiger partial charge on any atom is 0.242 e. The Morgan fingerprint density at radius 1 is 1.11 bits per heavy atom. The molecule has 35 heavy (non-hydrogen) atoms. The zero-order valence-corrected chi connectivity index (χ0v) is 21.6. The van der Waals surface area contributed by atoms with Gasteiger partial charge in [0.05, 0.1) is 12.5 Å². The van der Waals surface area contributed by atoms with Crippen molar-refractivity contribution in [2.24, 2.45) is 0 Å². The third kappa shape index (κ3) is 5.93. The van der Waals surface area contributed by atoms with Crippen LogP contribution >= 0.6 is 11.3 Å². The fourth-order valence-electron chi connectivity index (χ4n) is 4.58. The second-order valence-corrected chi connectivity index (χ2v) is 10.2. The van der Waals surface area contributed by atoms with Gasteiger partial charge in [-0.3, -0.25) is 9.59 Å². The van der Waals surface area contributed by atoms with Crippen molar-refractivity contribution in [1.82, 2.24) is 9.80 Å². The van der Waals surface area contributed by atoms with Crippen LogP contribution in [0.3, 0.4) is 0 Å². The number of nitrogens with zero attached hydrogens (tertiary/aromatic N) is 2. The molecule has 5 nitrogen and oxygen atoms in total. The lowest BCUT2D eigenvalue weighted by atomic mass is 10.00. The number of carbonyl (C=O) groups is 2.